The molecule has 0 aliphatic carbocycles. The van der Waals surface area contributed by atoms with Crippen LogP contribution in [-0.2, 0) is 19.1 Å². The number of rotatable bonds is 3. The Morgan fingerprint density at radius 2 is 1.37 bits per heavy atom. The molecule has 1 aromatic rings. The molecule has 0 unspecified atom stereocenters. The minimum Gasteiger partial charge on any atom is -0.480 e. The van der Waals surface area contributed by atoms with E-state index in [9.17, 15) is 24.6 Å². The van der Waals surface area contributed by atoms with E-state index >= 15 is 0 Å². The fourth-order valence-electron chi connectivity index (χ4n) is 4.62. The predicted molar refractivity (Wildman–Crippen MR) is 104 cm³/mol. The predicted octanol–water partition coefficient (Wildman–Crippen LogP) is 2.74. The Bertz CT molecular complexity index is 804. The normalized spacial score (nSPS) is 23.5. The van der Waals surface area contributed by atoms with Crippen molar-refractivity contribution in [3.05, 3.63) is 30.3 Å². The second kappa shape index (κ2) is 7.24. The van der Waals surface area contributed by atoms with Gasteiger partial charge in [-0.2, -0.15) is 0 Å². The number of hydrogen-bond acceptors (Lipinski definition) is 6. The number of hydrogen-bond donors (Lipinski definition) is 2. The van der Waals surface area contributed by atoms with E-state index in [2.05, 4.69) is 0 Å². The Balaban J connectivity index is 1.82. The fraction of sp³-hybridized carbons (Fsp3) is 0.571. The van der Waals surface area contributed by atoms with Gasteiger partial charge in [-0.15, -0.1) is 0 Å². The molecule has 1 amide bonds. The lowest BCUT2D eigenvalue weighted by Gasteiger charge is -2.59. The molecule has 3 rings (SSSR count). The van der Waals surface area contributed by atoms with Crippen LogP contribution in [0.4, 0.5) is 4.79 Å². The summed E-state index contributed by atoms with van der Waals surface area (Å²) in [5.74, 6) is -3.79. The molecule has 2 saturated heterocycles. The molecule has 0 atom stereocenters. The van der Waals surface area contributed by atoms with E-state index in [1.807, 2.05) is 33.8 Å². The summed E-state index contributed by atoms with van der Waals surface area (Å²) in [5, 5.41) is 18.8. The molecule has 30 heavy (non-hydrogen) atoms. The van der Waals surface area contributed by atoms with E-state index in [1.165, 1.54) is 0 Å². The molecule has 0 saturated carbocycles. The summed E-state index contributed by atoms with van der Waals surface area (Å²) in [5.41, 5.74) is -3.71. The first-order valence-corrected chi connectivity index (χ1v) is 9.66. The molecule has 0 bridgehead atoms. The SMILES string of the molecule is CC1(C)CC2(CC(C)(C)N1C(=O)Oc1ccccc1)OCC(C(=O)O)(C(=O)O)CO2. The lowest BCUT2D eigenvalue weighted by Crippen LogP contribution is -2.70. The van der Waals surface area contributed by atoms with Gasteiger partial charge in [-0.1, -0.05) is 18.2 Å². The first kappa shape index (κ1) is 22.0. The second-order valence-corrected chi connectivity index (χ2v) is 9.18. The average molecular weight is 421 g/mol. The van der Waals surface area contributed by atoms with Crippen molar-refractivity contribution in [2.75, 3.05) is 13.2 Å². The Morgan fingerprint density at radius 3 is 1.80 bits per heavy atom. The maximum atomic E-state index is 13.0. The van der Waals surface area contributed by atoms with Gasteiger partial charge >= 0.3 is 18.0 Å². The molecular weight excluding hydrogens is 394 g/mol. The number of nitrogens with zero attached hydrogens (tertiary/aromatic N) is 1. The van der Waals surface area contributed by atoms with Gasteiger partial charge in [0.05, 0.1) is 13.2 Å². The third-order valence-corrected chi connectivity index (χ3v) is 5.73. The van der Waals surface area contributed by atoms with Crippen LogP contribution in [0.2, 0.25) is 0 Å². The lowest BCUT2D eigenvalue weighted by atomic mass is 9.75. The summed E-state index contributed by atoms with van der Waals surface area (Å²) < 4.78 is 17.1. The molecule has 1 spiro atoms. The maximum absolute atomic E-state index is 13.0. The van der Waals surface area contributed by atoms with Crippen molar-refractivity contribution in [3.8, 4) is 5.75 Å². The number of carbonyl (C=O) groups excluding carboxylic acids is 1. The van der Waals surface area contributed by atoms with Crippen molar-refractivity contribution in [1.29, 1.82) is 0 Å². The number of ether oxygens (including phenoxy) is 3. The van der Waals surface area contributed by atoms with Crippen LogP contribution in [0.1, 0.15) is 40.5 Å². The molecule has 164 valence electrons. The van der Waals surface area contributed by atoms with Gasteiger partial charge in [-0.05, 0) is 39.8 Å². The van der Waals surface area contributed by atoms with Crippen molar-refractivity contribution in [1.82, 2.24) is 4.90 Å². The Hall–Kier alpha value is -2.65. The first-order valence-electron chi connectivity index (χ1n) is 9.66. The van der Waals surface area contributed by atoms with Crippen LogP contribution in [0.15, 0.2) is 30.3 Å². The van der Waals surface area contributed by atoms with Gasteiger partial charge < -0.3 is 24.4 Å². The highest BCUT2D eigenvalue weighted by molar-refractivity contribution is 5.98. The molecule has 9 heteroatoms. The lowest BCUT2D eigenvalue weighted by molar-refractivity contribution is -0.332. The average Bonchev–Trinajstić information content (AvgIpc) is 2.60. The van der Waals surface area contributed by atoms with Crippen LogP contribution in [0.3, 0.4) is 0 Å². The van der Waals surface area contributed by atoms with E-state index in [4.69, 9.17) is 14.2 Å². The van der Waals surface area contributed by atoms with Gasteiger partial charge in [0.1, 0.15) is 5.75 Å². The minimum atomic E-state index is -2.15. The zero-order valence-electron chi connectivity index (χ0n) is 17.5. The number of para-hydroxylation sites is 1. The van der Waals surface area contributed by atoms with Gasteiger partial charge in [0.2, 0.25) is 5.41 Å². The quantitative estimate of drug-likeness (QED) is 0.715. The first-order chi connectivity index (χ1) is 13.8. The van der Waals surface area contributed by atoms with Crippen LogP contribution >= 0.6 is 0 Å². The summed E-state index contributed by atoms with van der Waals surface area (Å²) in [6.45, 7) is 6.32. The third-order valence-electron chi connectivity index (χ3n) is 5.73. The van der Waals surface area contributed by atoms with E-state index in [1.54, 1.807) is 29.2 Å². The zero-order chi connectivity index (χ0) is 22.4. The highest BCUT2D eigenvalue weighted by Gasteiger charge is 2.61. The van der Waals surface area contributed by atoms with Gasteiger partial charge in [0.25, 0.3) is 0 Å². The molecule has 1 aromatic carbocycles. The number of likely N-dealkylation sites (tertiary alicyclic amines) is 1. The zero-order valence-corrected chi connectivity index (χ0v) is 17.5. The number of aliphatic carboxylic acids is 2. The molecule has 2 aliphatic heterocycles. The van der Waals surface area contributed by atoms with E-state index in [-0.39, 0.29) is 12.8 Å². The number of carboxylic acid groups (broad SMARTS) is 2. The molecule has 2 aliphatic rings. The number of piperidine rings is 1. The molecule has 2 N–H and O–H groups in total. The maximum Gasteiger partial charge on any atom is 0.416 e. The minimum absolute atomic E-state index is 0.225. The van der Waals surface area contributed by atoms with Gasteiger partial charge in [0.15, 0.2) is 5.79 Å². The van der Waals surface area contributed by atoms with E-state index in [0.29, 0.717) is 5.75 Å². The topological polar surface area (TPSA) is 123 Å². The Labute approximate surface area is 174 Å². The molecule has 0 radical (unpaired) electrons. The summed E-state index contributed by atoms with van der Waals surface area (Å²) >= 11 is 0. The second-order valence-electron chi connectivity index (χ2n) is 9.18. The van der Waals surface area contributed by atoms with E-state index in [0.717, 1.165) is 0 Å². The van der Waals surface area contributed by atoms with Crippen molar-refractivity contribution in [2.24, 2.45) is 5.41 Å². The van der Waals surface area contributed by atoms with Gasteiger partial charge in [-0.25, -0.2) is 4.79 Å². The number of carboxylic acids is 2. The standard InChI is InChI=1S/C21H27NO8/c1-18(2)10-21(28-12-20(13-29-21,15(23)24)16(25)26)11-19(3,4)22(18)17(27)30-14-8-6-5-7-9-14/h5-9H,10-13H2,1-4H3,(H,23,24)(H,25,26). The van der Waals surface area contributed by atoms with Crippen molar-refractivity contribution < 1.29 is 38.8 Å². The summed E-state index contributed by atoms with van der Waals surface area (Å²) in [7, 11) is 0. The van der Waals surface area contributed by atoms with Crippen molar-refractivity contribution in [3.63, 3.8) is 0 Å². The van der Waals surface area contributed by atoms with Gasteiger partial charge in [0, 0.05) is 23.9 Å². The smallest absolute Gasteiger partial charge is 0.416 e. The molecule has 9 nitrogen and oxygen atoms in total. The summed E-state index contributed by atoms with van der Waals surface area (Å²) in [4.78, 5) is 37.7. The molecular formula is C21H27NO8. The Kier molecular flexibility index (Phi) is 5.32. The van der Waals surface area contributed by atoms with Crippen LogP contribution in [-0.4, -0.2) is 63.2 Å². The monoisotopic (exact) mass is 421 g/mol. The van der Waals surface area contributed by atoms with Crippen LogP contribution in [0.5, 0.6) is 5.75 Å². The summed E-state index contributed by atoms with van der Waals surface area (Å²) in [6.07, 6.45) is -0.0714. The highest BCUT2D eigenvalue weighted by atomic mass is 16.7. The summed E-state index contributed by atoms with van der Waals surface area (Å²) in [6, 6.07) is 8.74. The number of amides is 1. The number of benzene rings is 1. The fourth-order valence-corrected chi connectivity index (χ4v) is 4.62. The van der Waals surface area contributed by atoms with Crippen LogP contribution in [0.25, 0.3) is 0 Å². The molecule has 2 heterocycles. The molecule has 2 fully saturated rings. The van der Waals surface area contributed by atoms with Crippen molar-refractivity contribution >= 4 is 18.0 Å². The van der Waals surface area contributed by atoms with E-state index < -0.39 is 53.5 Å². The largest absolute Gasteiger partial charge is 0.480 e. The Morgan fingerprint density at radius 1 is 0.900 bits per heavy atom. The molecule has 0 aromatic heterocycles. The van der Waals surface area contributed by atoms with Crippen LogP contribution in [0, 0.1) is 5.41 Å². The number of carbonyl (C=O) groups is 3. The van der Waals surface area contributed by atoms with Crippen molar-refractivity contribution in [2.45, 2.75) is 57.4 Å². The van der Waals surface area contributed by atoms with Gasteiger partial charge in [-0.3, -0.25) is 14.5 Å². The third kappa shape index (κ3) is 3.75. The highest BCUT2D eigenvalue weighted by Crippen LogP contribution is 2.49. The van der Waals surface area contributed by atoms with Crippen LogP contribution < -0.4 is 4.74 Å².